The van der Waals surface area contributed by atoms with E-state index in [9.17, 15) is 4.79 Å². The van der Waals surface area contributed by atoms with Gasteiger partial charge in [-0.15, -0.1) is 0 Å². The van der Waals surface area contributed by atoms with Crippen LogP contribution < -0.4 is 20.1 Å². The van der Waals surface area contributed by atoms with Gasteiger partial charge in [0.2, 0.25) is 6.23 Å². The summed E-state index contributed by atoms with van der Waals surface area (Å²) in [5, 5.41) is 6.48. The van der Waals surface area contributed by atoms with E-state index in [1.54, 1.807) is 14.2 Å². The number of rotatable bonds is 7. The molecule has 2 aliphatic heterocycles. The van der Waals surface area contributed by atoms with E-state index in [0.717, 1.165) is 78.2 Å². The number of nitrogens with one attached hydrogen (secondary N) is 2. The average molecular weight is 599 g/mol. The predicted molar refractivity (Wildman–Crippen MR) is 175 cm³/mol. The van der Waals surface area contributed by atoms with Crippen LogP contribution in [0.3, 0.4) is 0 Å². The van der Waals surface area contributed by atoms with Crippen molar-refractivity contribution in [1.82, 2.24) is 10.6 Å². The first-order valence-corrected chi connectivity index (χ1v) is 16.3. The van der Waals surface area contributed by atoms with Gasteiger partial charge in [0.25, 0.3) is 0 Å². The first-order chi connectivity index (χ1) is 21.4. The predicted octanol–water partition coefficient (Wildman–Crippen LogP) is 6.90. The molecule has 234 valence electrons. The number of aliphatic imine (C=N–C) groups is 2. The highest BCUT2D eigenvalue weighted by molar-refractivity contribution is 6.12. The molecule has 8 heteroatoms. The fourth-order valence-corrected chi connectivity index (χ4v) is 7.30. The molecule has 2 aromatic rings. The van der Waals surface area contributed by atoms with Gasteiger partial charge >= 0.3 is 6.03 Å². The minimum absolute atomic E-state index is 0.0118. The number of ether oxygens (including phenoxy) is 3. The number of carbonyl (C=O) groups is 1. The van der Waals surface area contributed by atoms with Crippen LogP contribution in [0.4, 0.5) is 4.79 Å². The molecule has 6 rings (SSSR count). The first kappa shape index (κ1) is 30.2. The van der Waals surface area contributed by atoms with Gasteiger partial charge in [-0.3, -0.25) is 9.98 Å². The lowest BCUT2D eigenvalue weighted by Crippen LogP contribution is -2.48. The van der Waals surface area contributed by atoms with Crippen molar-refractivity contribution in [2.75, 3.05) is 14.2 Å². The molecule has 8 nitrogen and oxygen atoms in total. The quantitative estimate of drug-likeness (QED) is 0.363. The fourth-order valence-electron chi connectivity index (χ4n) is 7.30. The van der Waals surface area contributed by atoms with Gasteiger partial charge in [-0.25, -0.2) is 4.79 Å². The summed E-state index contributed by atoms with van der Waals surface area (Å²) in [5.74, 6) is 3.15. The Bertz CT molecular complexity index is 1390. The summed E-state index contributed by atoms with van der Waals surface area (Å²) in [4.78, 5) is 23.0. The van der Waals surface area contributed by atoms with E-state index in [2.05, 4.69) is 36.6 Å². The normalized spacial score (nSPS) is 30.8. The molecule has 2 fully saturated rings. The molecule has 2 amide bonds. The van der Waals surface area contributed by atoms with Crippen molar-refractivity contribution >= 4 is 29.3 Å². The molecule has 0 spiro atoms. The van der Waals surface area contributed by atoms with Crippen LogP contribution in [-0.4, -0.2) is 56.5 Å². The molecule has 0 bridgehead atoms. The minimum Gasteiger partial charge on any atom is -0.497 e. The second kappa shape index (κ2) is 13.4. The SMILES string of the molecule is COc1ccc(C2=C(c3ccc(OC)cc3)C3C(=NC4CCC(NC(=O)NC5CCCC(C)C5)CC4)C(C)C=NC3O2)cc1. The summed E-state index contributed by atoms with van der Waals surface area (Å²) in [6.45, 7) is 4.46. The van der Waals surface area contributed by atoms with Crippen LogP contribution in [0.25, 0.3) is 11.3 Å². The Morgan fingerprint density at radius 2 is 1.48 bits per heavy atom. The van der Waals surface area contributed by atoms with Crippen molar-refractivity contribution in [3.63, 3.8) is 0 Å². The Morgan fingerprint density at radius 1 is 0.841 bits per heavy atom. The van der Waals surface area contributed by atoms with E-state index < -0.39 is 0 Å². The number of methoxy groups -OCH3 is 2. The minimum atomic E-state index is -0.358. The van der Waals surface area contributed by atoms with Gasteiger partial charge in [0, 0.05) is 41.1 Å². The number of urea groups is 1. The Kier molecular flexibility index (Phi) is 9.24. The van der Waals surface area contributed by atoms with Crippen LogP contribution in [0.15, 0.2) is 58.5 Å². The van der Waals surface area contributed by atoms with Crippen LogP contribution in [0, 0.1) is 17.8 Å². The van der Waals surface area contributed by atoms with E-state index >= 15 is 0 Å². The van der Waals surface area contributed by atoms with Crippen LogP contribution in [0.2, 0.25) is 0 Å². The Balaban J connectivity index is 1.21. The Morgan fingerprint density at radius 3 is 2.11 bits per heavy atom. The molecule has 0 saturated heterocycles. The zero-order valence-corrected chi connectivity index (χ0v) is 26.4. The lowest BCUT2D eigenvalue weighted by atomic mass is 9.80. The number of amides is 2. The van der Waals surface area contributed by atoms with Crippen LogP contribution >= 0.6 is 0 Å². The summed E-state index contributed by atoms with van der Waals surface area (Å²) in [6.07, 6.45) is 10.0. The number of fused-ring (bicyclic) bond motifs is 1. The molecule has 5 unspecified atom stereocenters. The number of benzene rings is 2. The molecule has 2 aromatic carbocycles. The van der Waals surface area contributed by atoms with Gasteiger partial charge in [-0.1, -0.05) is 38.8 Å². The smallest absolute Gasteiger partial charge is 0.315 e. The maximum absolute atomic E-state index is 12.7. The lowest BCUT2D eigenvalue weighted by molar-refractivity contribution is 0.179. The van der Waals surface area contributed by atoms with E-state index in [1.807, 2.05) is 42.6 Å². The van der Waals surface area contributed by atoms with Crippen LogP contribution in [-0.2, 0) is 4.74 Å². The van der Waals surface area contributed by atoms with Gasteiger partial charge in [0.15, 0.2) is 0 Å². The van der Waals surface area contributed by atoms with Gasteiger partial charge in [0.1, 0.15) is 17.3 Å². The third-order valence-electron chi connectivity index (χ3n) is 9.71. The van der Waals surface area contributed by atoms with E-state index in [4.69, 9.17) is 24.2 Å². The standard InChI is InChI=1S/C36H46N4O4/c1-22-6-5-7-28(20-22)40-36(41)39-27-14-12-26(13-15-27)38-33-23(2)21-37-35-32(33)31(24-8-16-29(42-3)17-9-24)34(44-35)25-10-18-30(43-4)19-11-25/h8-11,16-19,21-23,26-28,32,35H,5-7,12-15,20H2,1-4H3,(H2,39,40,41). The summed E-state index contributed by atoms with van der Waals surface area (Å²) in [5.41, 5.74) is 4.29. The Hall–Kier alpha value is -3.81. The molecule has 0 aromatic heterocycles. The summed E-state index contributed by atoms with van der Waals surface area (Å²) in [6, 6.07) is 16.9. The molecule has 2 saturated carbocycles. The second-order valence-corrected chi connectivity index (χ2v) is 12.9. The van der Waals surface area contributed by atoms with Crippen molar-refractivity contribution in [2.24, 2.45) is 27.7 Å². The fraction of sp³-hybridized carbons (Fsp3) is 0.528. The highest BCUT2D eigenvalue weighted by Crippen LogP contribution is 2.47. The molecule has 5 atom stereocenters. The summed E-state index contributed by atoms with van der Waals surface area (Å²) < 4.78 is 17.5. The molecule has 44 heavy (non-hydrogen) atoms. The Labute approximate surface area is 261 Å². The molecule has 4 aliphatic rings. The third-order valence-corrected chi connectivity index (χ3v) is 9.71. The first-order valence-electron chi connectivity index (χ1n) is 16.3. The maximum atomic E-state index is 12.7. The molecular formula is C36H46N4O4. The maximum Gasteiger partial charge on any atom is 0.315 e. The number of carbonyl (C=O) groups excluding carboxylic acids is 1. The van der Waals surface area contributed by atoms with Gasteiger partial charge in [-0.2, -0.15) is 0 Å². The highest BCUT2D eigenvalue weighted by Gasteiger charge is 2.44. The molecule has 2 aliphatic carbocycles. The average Bonchev–Trinajstić information content (AvgIpc) is 3.43. The van der Waals surface area contributed by atoms with Gasteiger partial charge in [-0.05, 0) is 86.4 Å². The summed E-state index contributed by atoms with van der Waals surface area (Å²) >= 11 is 0. The lowest BCUT2D eigenvalue weighted by Gasteiger charge is -2.32. The second-order valence-electron chi connectivity index (χ2n) is 12.9. The monoisotopic (exact) mass is 598 g/mol. The third kappa shape index (κ3) is 6.64. The van der Waals surface area contributed by atoms with Crippen LogP contribution in [0.5, 0.6) is 11.5 Å². The topological polar surface area (TPSA) is 93.5 Å². The van der Waals surface area contributed by atoms with E-state index in [-0.39, 0.29) is 36.2 Å². The summed E-state index contributed by atoms with van der Waals surface area (Å²) in [7, 11) is 3.36. The molecule has 2 heterocycles. The zero-order chi connectivity index (χ0) is 30.6. The van der Waals surface area contributed by atoms with Crippen molar-refractivity contribution in [3.8, 4) is 11.5 Å². The van der Waals surface area contributed by atoms with Crippen molar-refractivity contribution in [1.29, 1.82) is 0 Å². The zero-order valence-electron chi connectivity index (χ0n) is 26.4. The largest absolute Gasteiger partial charge is 0.497 e. The number of hydrogen-bond acceptors (Lipinski definition) is 6. The number of hydrogen-bond donors (Lipinski definition) is 2. The number of nitrogens with zero attached hydrogens (tertiary/aromatic N) is 2. The van der Waals surface area contributed by atoms with Crippen molar-refractivity contribution in [3.05, 3.63) is 59.7 Å². The highest BCUT2D eigenvalue weighted by atomic mass is 16.5. The van der Waals surface area contributed by atoms with E-state index in [0.29, 0.717) is 12.0 Å². The van der Waals surface area contributed by atoms with Crippen molar-refractivity contribution < 1.29 is 19.0 Å². The van der Waals surface area contributed by atoms with E-state index in [1.165, 1.54) is 12.8 Å². The van der Waals surface area contributed by atoms with Crippen molar-refractivity contribution in [2.45, 2.75) is 89.6 Å². The molecular weight excluding hydrogens is 552 g/mol. The van der Waals surface area contributed by atoms with Gasteiger partial charge < -0.3 is 24.8 Å². The molecule has 0 radical (unpaired) electrons. The van der Waals surface area contributed by atoms with Crippen LogP contribution in [0.1, 0.15) is 76.3 Å². The molecule has 2 N–H and O–H groups in total. The van der Waals surface area contributed by atoms with Gasteiger partial charge in [0.05, 0.1) is 26.2 Å².